The van der Waals surface area contributed by atoms with E-state index in [1.165, 1.54) is 13.3 Å². The van der Waals surface area contributed by atoms with Crippen LogP contribution in [0.4, 0.5) is 5.69 Å². The number of rotatable bonds is 6. The summed E-state index contributed by atoms with van der Waals surface area (Å²) in [7, 11) is 1.44. The van der Waals surface area contributed by atoms with Gasteiger partial charge in [0.1, 0.15) is 0 Å². The highest BCUT2D eigenvalue weighted by Gasteiger charge is 2.10. The van der Waals surface area contributed by atoms with E-state index in [0.717, 1.165) is 5.56 Å². The van der Waals surface area contributed by atoms with Crippen LogP contribution in [0.1, 0.15) is 31.8 Å². The number of aromatic hydroxyl groups is 1. The summed E-state index contributed by atoms with van der Waals surface area (Å²) in [6.07, 6.45) is 1.32. The van der Waals surface area contributed by atoms with Gasteiger partial charge in [0, 0.05) is 26.9 Å². The van der Waals surface area contributed by atoms with Crippen molar-refractivity contribution in [2.45, 2.75) is 6.92 Å². The van der Waals surface area contributed by atoms with Gasteiger partial charge in [-0.3, -0.25) is 9.59 Å². The monoisotopic (exact) mass is 481 g/mol. The number of benzene rings is 3. The fourth-order valence-corrected chi connectivity index (χ4v) is 3.14. The van der Waals surface area contributed by atoms with Gasteiger partial charge in [0.25, 0.3) is 11.8 Å². The van der Waals surface area contributed by atoms with Crippen LogP contribution in [0, 0.1) is 6.92 Å². The number of phenolic OH excluding ortho intramolecular Hbond substituents is 1. The molecule has 0 bridgehead atoms. The van der Waals surface area contributed by atoms with Crippen LogP contribution in [0.25, 0.3) is 0 Å². The molecule has 0 unspecified atom stereocenters. The molecule has 0 aromatic heterocycles. The molecule has 0 spiro atoms. The number of hydrazone groups is 1. The predicted octanol–water partition coefficient (Wildman–Crippen LogP) is 4.49. The number of hydrogen-bond acceptors (Lipinski definition) is 5. The Morgan fingerprint density at radius 3 is 2.26 bits per heavy atom. The maximum absolute atomic E-state index is 12.3. The lowest BCUT2D eigenvalue weighted by Crippen LogP contribution is -2.18. The summed E-state index contributed by atoms with van der Waals surface area (Å²) in [6, 6.07) is 16.9. The third-order valence-electron chi connectivity index (χ3n) is 4.38. The van der Waals surface area contributed by atoms with Gasteiger partial charge in [0.2, 0.25) is 0 Å². The number of ether oxygens (including phenoxy) is 1. The zero-order chi connectivity index (χ0) is 22.4. The lowest BCUT2D eigenvalue weighted by Gasteiger charge is -2.07. The van der Waals surface area contributed by atoms with Crippen LogP contribution in [0.5, 0.6) is 11.5 Å². The summed E-state index contributed by atoms with van der Waals surface area (Å²) in [5.74, 6) is -0.469. The number of carbonyl (C=O) groups is 2. The first kappa shape index (κ1) is 22.0. The highest BCUT2D eigenvalue weighted by atomic mass is 79.9. The average molecular weight is 482 g/mol. The second-order valence-corrected chi connectivity index (χ2v) is 7.56. The molecule has 0 heterocycles. The molecule has 8 heteroatoms. The number of anilines is 1. The zero-order valence-electron chi connectivity index (χ0n) is 16.8. The molecule has 2 amide bonds. The number of methoxy groups -OCH3 is 1. The van der Waals surface area contributed by atoms with Crippen molar-refractivity contribution in [2.24, 2.45) is 5.10 Å². The van der Waals surface area contributed by atoms with Gasteiger partial charge in [-0.05, 0) is 55.5 Å². The molecule has 0 aliphatic heterocycles. The Balaban J connectivity index is 1.62. The summed E-state index contributed by atoms with van der Waals surface area (Å²) < 4.78 is 5.77. The Kier molecular flexibility index (Phi) is 7.04. The van der Waals surface area contributed by atoms with Crippen molar-refractivity contribution < 1.29 is 19.4 Å². The molecule has 0 saturated heterocycles. The number of nitrogens with zero attached hydrogens (tertiary/aromatic N) is 1. The molecule has 0 radical (unpaired) electrons. The lowest BCUT2D eigenvalue weighted by atomic mass is 10.1. The minimum atomic E-state index is -0.436. The first-order chi connectivity index (χ1) is 14.9. The first-order valence-electron chi connectivity index (χ1n) is 9.25. The van der Waals surface area contributed by atoms with Gasteiger partial charge in [-0.2, -0.15) is 5.10 Å². The smallest absolute Gasteiger partial charge is 0.271 e. The van der Waals surface area contributed by atoms with E-state index in [1.807, 2.05) is 19.1 Å². The number of hydrogen-bond donors (Lipinski definition) is 3. The largest absolute Gasteiger partial charge is 0.504 e. The van der Waals surface area contributed by atoms with E-state index < -0.39 is 5.91 Å². The van der Waals surface area contributed by atoms with Crippen molar-refractivity contribution in [3.63, 3.8) is 0 Å². The molecule has 7 nitrogen and oxygen atoms in total. The van der Waals surface area contributed by atoms with E-state index >= 15 is 0 Å². The van der Waals surface area contributed by atoms with Gasteiger partial charge in [0.15, 0.2) is 11.5 Å². The van der Waals surface area contributed by atoms with Gasteiger partial charge in [-0.1, -0.05) is 33.6 Å². The summed E-state index contributed by atoms with van der Waals surface area (Å²) in [4.78, 5) is 24.6. The number of amides is 2. The Morgan fingerprint density at radius 1 is 1.00 bits per heavy atom. The highest BCUT2D eigenvalue weighted by Crippen LogP contribution is 2.32. The van der Waals surface area contributed by atoms with Crippen LogP contribution in [0.3, 0.4) is 0 Å². The maximum Gasteiger partial charge on any atom is 0.271 e. The van der Waals surface area contributed by atoms with E-state index in [2.05, 4.69) is 31.8 Å². The average Bonchev–Trinajstić information content (AvgIpc) is 2.76. The van der Waals surface area contributed by atoms with E-state index in [9.17, 15) is 14.7 Å². The molecule has 3 aromatic carbocycles. The van der Waals surface area contributed by atoms with Crippen LogP contribution < -0.4 is 15.5 Å². The third-order valence-corrected chi connectivity index (χ3v) is 4.84. The number of nitrogens with one attached hydrogen (secondary N) is 2. The van der Waals surface area contributed by atoms with Gasteiger partial charge in [-0.15, -0.1) is 0 Å². The molecule has 0 saturated carbocycles. The molecule has 0 aliphatic carbocycles. The summed E-state index contributed by atoms with van der Waals surface area (Å²) >= 11 is 3.32. The standard InChI is InChI=1S/C23H20BrN3O4/c1-14-3-5-15(6-4-14)22(29)26-19-9-7-16(8-10-19)23(30)27-25-13-17-11-18(24)12-20(31-2)21(17)28/h3-13,28H,1-2H3,(H,26,29)(H,27,30). The number of halogens is 1. The normalized spacial score (nSPS) is 10.7. The Bertz CT molecular complexity index is 1130. The van der Waals surface area contributed by atoms with Crippen LogP contribution in [-0.4, -0.2) is 30.2 Å². The molecule has 31 heavy (non-hydrogen) atoms. The third kappa shape index (κ3) is 5.70. The van der Waals surface area contributed by atoms with Gasteiger partial charge in [0.05, 0.1) is 13.3 Å². The Hall–Kier alpha value is -3.65. The van der Waals surface area contributed by atoms with Crippen molar-refractivity contribution >= 4 is 39.6 Å². The van der Waals surface area contributed by atoms with Crippen LogP contribution in [-0.2, 0) is 0 Å². The maximum atomic E-state index is 12.3. The van der Waals surface area contributed by atoms with Crippen LogP contribution >= 0.6 is 15.9 Å². The van der Waals surface area contributed by atoms with E-state index in [-0.39, 0.29) is 17.4 Å². The van der Waals surface area contributed by atoms with Crippen molar-refractivity contribution in [2.75, 3.05) is 12.4 Å². The fraction of sp³-hybridized carbons (Fsp3) is 0.0870. The quantitative estimate of drug-likeness (QED) is 0.356. The summed E-state index contributed by atoms with van der Waals surface area (Å²) in [6.45, 7) is 1.95. The summed E-state index contributed by atoms with van der Waals surface area (Å²) in [5.41, 5.74) is 5.33. The predicted molar refractivity (Wildman–Crippen MR) is 123 cm³/mol. The van der Waals surface area contributed by atoms with Gasteiger partial charge >= 0.3 is 0 Å². The zero-order valence-corrected chi connectivity index (χ0v) is 18.4. The van der Waals surface area contributed by atoms with Crippen molar-refractivity contribution in [1.29, 1.82) is 0 Å². The second-order valence-electron chi connectivity index (χ2n) is 6.64. The first-order valence-corrected chi connectivity index (χ1v) is 10.0. The van der Waals surface area contributed by atoms with Crippen LogP contribution in [0.2, 0.25) is 0 Å². The van der Waals surface area contributed by atoms with Crippen molar-refractivity contribution in [1.82, 2.24) is 5.43 Å². The SMILES string of the molecule is COc1cc(Br)cc(C=NNC(=O)c2ccc(NC(=O)c3ccc(C)cc3)cc2)c1O. The van der Waals surface area contributed by atoms with E-state index in [0.29, 0.717) is 26.9 Å². The molecular weight excluding hydrogens is 462 g/mol. The molecule has 0 atom stereocenters. The molecular formula is C23H20BrN3O4. The topological polar surface area (TPSA) is 100 Å². The molecule has 3 N–H and O–H groups in total. The summed E-state index contributed by atoms with van der Waals surface area (Å²) in [5, 5.41) is 16.8. The van der Waals surface area contributed by atoms with Gasteiger partial charge < -0.3 is 15.2 Å². The molecule has 3 rings (SSSR count). The second kappa shape index (κ2) is 9.90. The Morgan fingerprint density at radius 2 is 1.61 bits per heavy atom. The van der Waals surface area contributed by atoms with Crippen molar-refractivity contribution in [3.05, 3.63) is 87.4 Å². The number of phenols is 1. The number of carbonyl (C=O) groups excluding carboxylic acids is 2. The fourth-order valence-electron chi connectivity index (χ4n) is 2.69. The van der Waals surface area contributed by atoms with Gasteiger partial charge in [-0.25, -0.2) is 5.43 Å². The van der Waals surface area contributed by atoms with Crippen LogP contribution in [0.15, 0.2) is 70.2 Å². The molecule has 0 fully saturated rings. The molecule has 158 valence electrons. The van der Waals surface area contributed by atoms with Crippen molar-refractivity contribution in [3.8, 4) is 11.5 Å². The van der Waals surface area contributed by atoms with E-state index in [4.69, 9.17) is 4.74 Å². The minimum absolute atomic E-state index is 0.0858. The Labute approximate surface area is 187 Å². The molecule has 3 aromatic rings. The minimum Gasteiger partial charge on any atom is -0.504 e. The van der Waals surface area contributed by atoms with E-state index in [1.54, 1.807) is 48.5 Å². The highest BCUT2D eigenvalue weighted by molar-refractivity contribution is 9.10. The molecule has 0 aliphatic rings. The lowest BCUT2D eigenvalue weighted by molar-refractivity contribution is 0.0954. The number of aryl methyl sites for hydroxylation is 1.